The number of rotatable bonds is 4. The summed E-state index contributed by atoms with van der Waals surface area (Å²) in [6, 6.07) is 27.3. The predicted octanol–water partition coefficient (Wildman–Crippen LogP) is 12.7. The molecule has 0 spiro atoms. The van der Waals surface area contributed by atoms with Crippen LogP contribution in [0, 0.1) is 0 Å². The van der Waals surface area contributed by atoms with Gasteiger partial charge in [-0.05, 0) is 60.6 Å². The number of hydrogen-bond acceptors (Lipinski definition) is 4. The standard InChI is InChI=1S/C51H30N6O/c1-8-23-41-33(16-1)34-17-2-9-24-42(34)56(41)50-52-49(53-51(54-50)57-43-25-10-3-18-35(43)36-19-4-11-26-44(36)57)31-14-13-15-32(30-31)55-40-22-7-5-20-37(40)38-28-29-46-47(48(38)55)39-21-6-12-27-45(39)58-46/h1-30H/i1D,3D,8D,10D,13D,14D,15D,16D,18D,23D,25D,30D. The molecule has 7 nitrogen and oxygen atoms in total. The molecule has 0 aliphatic carbocycles. The molecule has 0 aliphatic rings. The van der Waals surface area contributed by atoms with Crippen molar-refractivity contribution in [1.29, 1.82) is 0 Å². The van der Waals surface area contributed by atoms with Crippen LogP contribution in [0.25, 0.3) is 116 Å². The molecule has 270 valence electrons. The summed E-state index contributed by atoms with van der Waals surface area (Å²) in [4.78, 5) is 14.9. The lowest BCUT2D eigenvalue weighted by Gasteiger charge is -2.14. The molecule has 8 aromatic carbocycles. The van der Waals surface area contributed by atoms with E-state index in [1.807, 2.05) is 60.7 Å². The second-order valence-corrected chi connectivity index (χ2v) is 13.9. The third kappa shape index (κ3) is 4.30. The van der Waals surface area contributed by atoms with Crippen LogP contribution >= 0.6 is 0 Å². The Morgan fingerprint density at radius 1 is 0.414 bits per heavy atom. The molecule has 0 saturated heterocycles. The van der Waals surface area contributed by atoms with Crippen molar-refractivity contribution in [3.8, 4) is 29.0 Å². The van der Waals surface area contributed by atoms with Crippen LogP contribution in [0.2, 0.25) is 0 Å². The van der Waals surface area contributed by atoms with E-state index in [1.165, 1.54) is 9.13 Å². The normalized spacial score (nSPS) is 15.0. The van der Waals surface area contributed by atoms with E-state index in [-0.39, 0.29) is 62.9 Å². The first kappa shape index (κ1) is 21.9. The van der Waals surface area contributed by atoms with E-state index in [0.29, 0.717) is 49.4 Å². The highest BCUT2D eigenvalue weighted by Gasteiger charge is 2.22. The molecule has 0 saturated carbocycles. The molecule has 13 rings (SSSR count). The van der Waals surface area contributed by atoms with Gasteiger partial charge in [0.1, 0.15) is 11.2 Å². The average molecular weight is 755 g/mol. The predicted molar refractivity (Wildman–Crippen MR) is 236 cm³/mol. The summed E-state index contributed by atoms with van der Waals surface area (Å²) >= 11 is 0. The van der Waals surface area contributed by atoms with E-state index in [0.717, 1.165) is 16.2 Å². The second-order valence-electron chi connectivity index (χ2n) is 13.9. The molecule has 58 heavy (non-hydrogen) atoms. The number of fused-ring (bicyclic) bond motifs is 13. The maximum absolute atomic E-state index is 10.2. The maximum atomic E-state index is 10.2. The smallest absolute Gasteiger partial charge is 0.240 e. The van der Waals surface area contributed by atoms with Crippen molar-refractivity contribution in [1.82, 2.24) is 28.7 Å². The van der Waals surface area contributed by atoms with Crippen LogP contribution in [0.3, 0.4) is 0 Å². The molecule has 0 amide bonds. The third-order valence-corrected chi connectivity index (χ3v) is 10.9. The van der Waals surface area contributed by atoms with Crippen LogP contribution in [0.15, 0.2) is 186 Å². The molecule has 0 atom stereocenters. The molecular formula is C51H30N6O. The Kier molecular flexibility index (Phi) is 4.43. The quantitative estimate of drug-likeness (QED) is 0.179. The zero-order valence-electron chi connectivity index (χ0n) is 42.0. The van der Waals surface area contributed by atoms with Gasteiger partial charge in [0.2, 0.25) is 11.9 Å². The van der Waals surface area contributed by atoms with Gasteiger partial charge < -0.3 is 8.98 Å². The van der Waals surface area contributed by atoms with Crippen molar-refractivity contribution in [3.05, 3.63) is 182 Å². The lowest BCUT2D eigenvalue weighted by Crippen LogP contribution is -2.10. The first-order valence-electron chi connectivity index (χ1n) is 24.5. The molecule has 0 fully saturated rings. The number of aromatic nitrogens is 6. The number of nitrogens with zero attached hydrogens (tertiary/aromatic N) is 6. The first-order valence-corrected chi connectivity index (χ1v) is 18.5. The van der Waals surface area contributed by atoms with Crippen molar-refractivity contribution in [3.63, 3.8) is 0 Å². The first-order chi connectivity index (χ1) is 33.8. The molecular weight excluding hydrogens is 713 g/mol. The van der Waals surface area contributed by atoms with Crippen molar-refractivity contribution < 1.29 is 20.9 Å². The molecule has 0 radical (unpaired) electrons. The SMILES string of the molecule is [2H]c1c([2H])c(-c2nc(-n3c4ccccc4c4c([2H])c([2H])c([2H])c([2H])c43)nc(-n3c4ccccc4c4c([2H])c([2H])c([2H])c([2H])c43)n2)c([2H])c(-n2c3ccccc3c3ccc4oc5ccccc5c4c32)c1[2H]. The van der Waals surface area contributed by atoms with Crippen molar-refractivity contribution in [2.75, 3.05) is 0 Å². The summed E-state index contributed by atoms with van der Waals surface area (Å²) in [5, 5.41) is 4.32. The van der Waals surface area contributed by atoms with Crippen LogP contribution in [0.5, 0.6) is 0 Å². The van der Waals surface area contributed by atoms with Gasteiger partial charge in [0.15, 0.2) is 5.82 Å². The molecule has 7 heteroatoms. The van der Waals surface area contributed by atoms with Crippen LogP contribution < -0.4 is 0 Å². The molecule has 5 aromatic heterocycles. The van der Waals surface area contributed by atoms with Gasteiger partial charge >= 0.3 is 0 Å². The zero-order valence-corrected chi connectivity index (χ0v) is 30.0. The van der Waals surface area contributed by atoms with Gasteiger partial charge in [-0.2, -0.15) is 15.0 Å². The summed E-state index contributed by atoms with van der Waals surface area (Å²) in [5.74, 6) is -0.788. The molecule has 13 aromatic rings. The van der Waals surface area contributed by atoms with Crippen LogP contribution in [-0.2, 0) is 0 Å². The average Bonchev–Trinajstić information content (AvgIpc) is 4.12. The van der Waals surface area contributed by atoms with Gasteiger partial charge in [0, 0.05) is 49.0 Å². The number of para-hydroxylation sites is 6. The van der Waals surface area contributed by atoms with Gasteiger partial charge in [-0.15, -0.1) is 0 Å². The highest BCUT2D eigenvalue weighted by molar-refractivity contribution is 6.24. The minimum absolute atomic E-state index is 0.0154. The monoisotopic (exact) mass is 754 g/mol. The lowest BCUT2D eigenvalue weighted by atomic mass is 10.1. The Morgan fingerprint density at radius 3 is 1.62 bits per heavy atom. The van der Waals surface area contributed by atoms with Crippen LogP contribution in [0.4, 0.5) is 0 Å². The molecule has 5 heterocycles. The fourth-order valence-electron chi connectivity index (χ4n) is 8.47. The van der Waals surface area contributed by atoms with E-state index in [4.69, 9.17) is 27.6 Å². The Hall–Kier alpha value is -8.03. The Balaban J connectivity index is 1.21. The molecule has 0 N–H and O–H groups in total. The van der Waals surface area contributed by atoms with Crippen LogP contribution in [-0.4, -0.2) is 28.7 Å². The minimum atomic E-state index is -0.560. The molecule has 0 bridgehead atoms. The topological polar surface area (TPSA) is 66.6 Å². The van der Waals surface area contributed by atoms with E-state index < -0.39 is 60.4 Å². The number of benzene rings is 8. The van der Waals surface area contributed by atoms with Crippen molar-refractivity contribution in [2.45, 2.75) is 0 Å². The summed E-state index contributed by atoms with van der Waals surface area (Å²) < 4.78 is 121. The van der Waals surface area contributed by atoms with Crippen molar-refractivity contribution in [2.24, 2.45) is 0 Å². The van der Waals surface area contributed by atoms with Crippen LogP contribution in [0.1, 0.15) is 16.4 Å². The summed E-state index contributed by atoms with van der Waals surface area (Å²) in [7, 11) is 0. The van der Waals surface area contributed by atoms with Gasteiger partial charge in [-0.25, -0.2) is 0 Å². The lowest BCUT2D eigenvalue weighted by molar-refractivity contribution is 0.669. The fraction of sp³-hybridized carbons (Fsp3) is 0. The Labute approximate surface area is 347 Å². The fourth-order valence-corrected chi connectivity index (χ4v) is 8.47. The largest absolute Gasteiger partial charge is 0.456 e. The molecule has 0 aliphatic heterocycles. The number of furan rings is 1. The summed E-state index contributed by atoms with van der Waals surface area (Å²) in [6.07, 6.45) is 0. The van der Waals surface area contributed by atoms with Crippen molar-refractivity contribution >= 4 is 87.4 Å². The van der Waals surface area contributed by atoms with Gasteiger partial charge in [0.25, 0.3) is 0 Å². The van der Waals surface area contributed by atoms with Gasteiger partial charge in [-0.3, -0.25) is 9.13 Å². The Morgan fingerprint density at radius 2 is 0.966 bits per heavy atom. The van der Waals surface area contributed by atoms with E-state index in [2.05, 4.69) is 0 Å². The minimum Gasteiger partial charge on any atom is -0.456 e. The second kappa shape index (κ2) is 11.7. The van der Waals surface area contributed by atoms with Gasteiger partial charge in [0.05, 0.1) is 54.9 Å². The van der Waals surface area contributed by atoms with E-state index in [9.17, 15) is 8.22 Å². The van der Waals surface area contributed by atoms with E-state index in [1.54, 1.807) is 53.1 Å². The third-order valence-electron chi connectivity index (χ3n) is 10.9. The summed E-state index contributed by atoms with van der Waals surface area (Å²) in [6.45, 7) is 0. The molecule has 0 unspecified atom stereocenters. The highest BCUT2D eigenvalue weighted by Crippen LogP contribution is 2.41. The maximum Gasteiger partial charge on any atom is 0.240 e. The Bertz CT molecular complexity index is 4380. The highest BCUT2D eigenvalue weighted by atomic mass is 16.3. The van der Waals surface area contributed by atoms with E-state index >= 15 is 0 Å². The number of hydrogen-bond donors (Lipinski definition) is 0. The summed E-state index contributed by atoms with van der Waals surface area (Å²) in [5.41, 5.74) is 2.83. The zero-order chi connectivity index (χ0) is 48.3. The van der Waals surface area contributed by atoms with Gasteiger partial charge in [-0.1, -0.05) is 121 Å².